The van der Waals surface area contributed by atoms with Gasteiger partial charge in [-0.25, -0.2) is 0 Å². The molecule has 0 aliphatic carbocycles. The summed E-state index contributed by atoms with van der Waals surface area (Å²) in [6.45, 7) is 5.30. The average Bonchev–Trinajstić information content (AvgIpc) is 2.44. The highest BCUT2D eigenvalue weighted by Crippen LogP contribution is 2.23. The molecule has 112 valence electrons. The number of nitrogens with zero attached hydrogens (tertiary/aromatic N) is 1. The molecule has 1 rings (SSSR count). The van der Waals surface area contributed by atoms with Gasteiger partial charge in [0, 0.05) is 18.2 Å². The smallest absolute Gasteiger partial charge is 0.269 e. The van der Waals surface area contributed by atoms with Gasteiger partial charge in [-0.2, -0.15) is 11.8 Å². The summed E-state index contributed by atoms with van der Waals surface area (Å²) in [6.07, 6.45) is 4.16. The van der Waals surface area contributed by atoms with Gasteiger partial charge in [0.1, 0.15) is 0 Å². The maximum atomic E-state index is 10.9. The standard InChI is InChI=1S/C15H24N2O2S/c1-4-6-15(16-10-12(2)11-20-3)13-7-5-8-14(9-13)17(18)19/h5,7-9,12,15-16H,4,6,10-11H2,1-3H3. The maximum absolute atomic E-state index is 10.9. The van der Waals surface area contributed by atoms with Crippen molar-refractivity contribution in [2.45, 2.75) is 32.7 Å². The van der Waals surface area contributed by atoms with Gasteiger partial charge in [-0.3, -0.25) is 10.1 Å². The molecule has 0 aliphatic rings. The molecule has 2 unspecified atom stereocenters. The summed E-state index contributed by atoms with van der Waals surface area (Å²) in [5, 5.41) is 14.4. The Hall–Kier alpha value is -1.07. The van der Waals surface area contributed by atoms with Gasteiger partial charge < -0.3 is 5.32 Å². The van der Waals surface area contributed by atoms with Crippen LogP contribution in [0.3, 0.4) is 0 Å². The van der Waals surface area contributed by atoms with Gasteiger partial charge in [0.2, 0.25) is 0 Å². The molecule has 0 aliphatic heterocycles. The largest absolute Gasteiger partial charge is 0.310 e. The topological polar surface area (TPSA) is 55.2 Å². The summed E-state index contributed by atoms with van der Waals surface area (Å²) in [6, 6.07) is 7.17. The van der Waals surface area contributed by atoms with E-state index in [-0.39, 0.29) is 16.7 Å². The number of hydrogen-bond donors (Lipinski definition) is 1. The van der Waals surface area contributed by atoms with Crippen LogP contribution in [0.2, 0.25) is 0 Å². The molecule has 0 spiro atoms. The lowest BCUT2D eigenvalue weighted by molar-refractivity contribution is -0.384. The van der Waals surface area contributed by atoms with Crippen LogP contribution in [-0.4, -0.2) is 23.5 Å². The molecule has 0 aromatic heterocycles. The Morgan fingerprint density at radius 3 is 2.80 bits per heavy atom. The summed E-state index contributed by atoms with van der Waals surface area (Å²) in [7, 11) is 0. The van der Waals surface area contributed by atoms with Crippen LogP contribution in [0.15, 0.2) is 24.3 Å². The van der Waals surface area contributed by atoms with Gasteiger partial charge in [-0.15, -0.1) is 0 Å². The Morgan fingerprint density at radius 1 is 1.45 bits per heavy atom. The third kappa shape index (κ3) is 5.51. The van der Waals surface area contributed by atoms with E-state index in [0.717, 1.165) is 30.7 Å². The third-order valence-corrected chi connectivity index (χ3v) is 4.13. The molecule has 5 heteroatoms. The number of thioether (sulfide) groups is 1. The van der Waals surface area contributed by atoms with E-state index in [2.05, 4.69) is 25.4 Å². The minimum atomic E-state index is -0.331. The fraction of sp³-hybridized carbons (Fsp3) is 0.600. The van der Waals surface area contributed by atoms with Gasteiger partial charge in [0.05, 0.1) is 4.92 Å². The van der Waals surface area contributed by atoms with E-state index >= 15 is 0 Å². The van der Waals surface area contributed by atoms with E-state index < -0.39 is 0 Å². The molecule has 1 aromatic carbocycles. The predicted octanol–water partition coefficient (Wildman–Crippen LogP) is 4.02. The van der Waals surface area contributed by atoms with Crippen LogP contribution in [-0.2, 0) is 0 Å². The molecule has 0 saturated carbocycles. The zero-order valence-electron chi connectivity index (χ0n) is 12.5. The normalized spacial score (nSPS) is 13.9. The first-order valence-electron chi connectivity index (χ1n) is 7.05. The molecule has 0 fully saturated rings. The average molecular weight is 296 g/mol. The summed E-state index contributed by atoms with van der Waals surface area (Å²) >= 11 is 1.85. The number of nitrogens with one attached hydrogen (secondary N) is 1. The Kier molecular flexibility index (Phi) is 7.62. The number of nitro benzene ring substituents is 1. The van der Waals surface area contributed by atoms with E-state index in [9.17, 15) is 10.1 Å². The van der Waals surface area contributed by atoms with Gasteiger partial charge >= 0.3 is 0 Å². The summed E-state index contributed by atoms with van der Waals surface area (Å²) in [5.41, 5.74) is 1.18. The van der Waals surface area contributed by atoms with Crippen molar-refractivity contribution in [2.75, 3.05) is 18.6 Å². The van der Waals surface area contributed by atoms with Gasteiger partial charge in [-0.05, 0) is 36.5 Å². The minimum absolute atomic E-state index is 0.169. The second-order valence-corrected chi connectivity index (χ2v) is 6.07. The number of benzene rings is 1. The first-order valence-corrected chi connectivity index (χ1v) is 8.44. The second-order valence-electron chi connectivity index (χ2n) is 5.16. The van der Waals surface area contributed by atoms with E-state index in [4.69, 9.17) is 0 Å². The van der Waals surface area contributed by atoms with Crippen molar-refractivity contribution in [2.24, 2.45) is 5.92 Å². The van der Waals surface area contributed by atoms with Crippen molar-refractivity contribution in [3.05, 3.63) is 39.9 Å². The fourth-order valence-electron chi connectivity index (χ4n) is 2.22. The number of non-ortho nitro benzene ring substituents is 1. The monoisotopic (exact) mass is 296 g/mol. The lowest BCUT2D eigenvalue weighted by atomic mass is 10.0. The Labute approximate surface area is 125 Å². The molecule has 1 aromatic rings. The quantitative estimate of drug-likeness (QED) is 0.552. The van der Waals surface area contributed by atoms with E-state index in [1.807, 2.05) is 17.8 Å². The molecular formula is C15H24N2O2S. The van der Waals surface area contributed by atoms with Gasteiger partial charge in [0.15, 0.2) is 0 Å². The molecule has 0 amide bonds. The summed E-state index contributed by atoms with van der Waals surface area (Å²) in [5.74, 6) is 1.73. The Bertz CT molecular complexity index is 426. The van der Waals surface area contributed by atoms with Crippen LogP contribution in [0.5, 0.6) is 0 Å². The fourth-order valence-corrected chi connectivity index (χ4v) is 2.90. The summed E-state index contributed by atoms with van der Waals surface area (Å²) < 4.78 is 0. The van der Waals surface area contributed by atoms with Crippen molar-refractivity contribution < 1.29 is 4.92 Å². The van der Waals surface area contributed by atoms with Crippen LogP contribution < -0.4 is 5.32 Å². The lowest BCUT2D eigenvalue weighted by Gasteiger charge is -2.21. The van der Waals surface area contributed by atoms with E-state index in [1.165, 1.54) is 0 Å². The van der Waals surface area contributed by atoms with Crippen LogP contribution in [0.1, 0.15) is 38.3 Å². The van der Waals surface area contributed by atoms with Crippen LogP contribution in [0.25, 0.3) is 0 Å². The van der Waals surface area contributed by atoms with Crippen molar-refractivity contribution in [1.82, 2.24) is 5.32 Å². The van der Waals surface area contributed by atoms with Crippen molar-refractivity contribution in [3.8, 4) is 0 Å². The number of hydrogen-bond acceptors (Lipinski definition) is 4. The van der Waals surface area contributed by atoms with Gasteiger partial charge in [0.25, 0.3) is 5.69 Å². The molecule has 2 atom stereocenters. The van der Waals surface area contributed by atoms with Crippen LogP contribution in [0.4, 0.5) is 5.69 Å². The van der Waals surface area contributed by atoms with Crippen molar-refractivity contribution in [1.29, 1.82) is 0 Å². The Balaban J connectivity index is 2.74. The molecule has 0 radical (unpaired) electrons. The minimum Gasteiger partial charge on any atom is -0.310 e. The molecule has 1 N–H and O–H groups in total. The zero-order chi connectivity index (χ0) is 15.0. The SMILES string of the molecule is CCCC(NCC(C)CSC)c1cccc([N+](=O)[O-])c1. The lowest BCUT2D eigenvalue weighted by Crippen LogP contribution is -2.27. The number of nitro groups is 1. The highest BCUT2D eigenvalue weighted by Gasteiger charge is 2.14. The molecule has 4 nitrogen and oxygen atoms in total. The van der Waals surface area contributed by atoms with Gasteiger partial charge in [-0.1, -0.05) is 32.4 Å². The highest BCUT2D eigenvalue weighted by molar-refractivity contribution is 7.98. The molecule has 0 bridgehead atoms. The first kappa shape index (κ1) is 17.0. The molecule has 0 heterocycles. The highest BCUT2D eigenvalue weighted by atomic mass is 32.2. The zero-order valence-corrected chi connectivity index (χ0v) is 13.3. The maximum Gasteiger partial charge on any atom is 0.269 e. The Morgan fingerprint density at radius 2 is 2.20 bits per heavy atom. The summed E-state index contributed by atoms with van der Waals surface area (Å²) in [4.78, 5) is 10.5. The van der Waals surface area contributed by atoms with E-state index in [0.29, 0.717) is 5.92 Å². The molecule has 0 saturated heterocycles. The van der Waals surface area contributed by atoms with Crippen molar-refractivity contribution in [3.63, 3.8) is 0 Å². The molecular weight excluding hydrogens is 272 g/mol. The molecule has 20 heavy (non-hydrogen) atoms. The van der Waals surface area contributed by atoms with Crippen molar-refractivity contribution >= 4 is 17.4 Å². The van der Waals surface area contributed by atoms with Crippen LogP contribution >= 0.6 is 11.8 Å². The van der Waals surface area contributed by atoms with Crippen LogP contribution in [0, 0.1) is 16.0 Å². The predicted molar refractivity (Wildman–Crippen MR) is 86.3 cm³/mol. The number of rotatable bonds is 9. The first-order chi connectivity index (χ1) is 9.58. The van der Waals surface area contributed by atoms with E-state index in [1.54, 1.807) is 18.2 Å². The third-order valence-electron chi connectivity index (χ3n) is 3.22. The second kappa shape index (κ2) is 8.97.